The maximum Gasteiger partial charge on any atom is 0.203 e. The minimum atomic E-state index is -3.55. The van der Waals surface area contributed by atoms with Gasteiger partial charge in [-0.25, -0.2) is 8.42 Å². The number of rotatable bonds is 3. The summed E-state index contributed by atoms with van der Waals surface area (Å²) < 4.78 is 26.2. The maximum absolute atomic E-state index is 13.1. The van der Waals surface area contributed by atoms with E-state index in [0.717, 1.165) is 29.6 Å². The van der Waals surface area contributed by atoms with Crippen molar-refractivity contribution in [2.45, 2.75) is 30.6 Å². The van der Waals surface area contributed by atoms with Crippen LogP contribution in [0.5, 0.6) is 0 Å². The van der Waals surface area contributed by atoms with Gasteiger partial charge in [0.05, 0.1) is 9.80 Å². The van der Waals surface area contributed by atoms with Gasteiger partial charge in [0.25, 0.3) is 0 Å². The van der Waals surface area contributed by atoms with E-state index in [1.807, 2.05) is 30.3 Å². The van der Waals surface area contributed by atoms with Crippen molar-refractivity contribution in [3.63, 3.8) is 0 Å². The largest absolute Gasteiger partial charge is 0.294 e. The first kappa shape index (κ1) is 16.0. The normalized spacial score (nSPS) is 17.8. The molecule has 0 amide bonds. The molecule has 126 valence electrons. The van der Waals surface area contributed by atoms with Crippen molar-refractivity contribution in [3.8, 4) is 0 Å². The summed E-state index contributed by atoms with van der Waals surface area (Å²) in [5.74, 6) is 0.0267. The van der Waals surface area contributed by atoms with Crippen molar-refractivity contribution in [2.75, 3.05) is 0 Å². The molecule has 0 spiro atoms. The van der Waals surface area contributed by atoms with Gasteiger partial charge in [0, 0.05) is 12.0 Å². The molecule has 0 bridgehead atoms. The fourth-order valence-electron chi connectivity index (χ4n) is 3.77. The van der Waals surface area contributed by atoms with Gasteiger partial charge in [-0.1, -0.05) is 48.5 Å². The highest BCUT2D eigenvalue weighted by atomic mass is 32.2. The minimum Gasteiger partial charge on any atom is -0.294 e. The van der Waals surface area contributed by atoms with Gasteiger partial charge >= 0.3 is 0 Å². The number of hydrogen-bond acceptors (Lipinski definition) is 3. The molecule has 0 fully saturated rings. The molecule has 25 heavy (non-hydrogen) atoms. The molecular weight excluding hydrogens is 332 g/mol. The van der Waals surface area contributed by atoms with E-state index in [0.29, 0.717) is 21.8 Å². The monoisotopic (exact) mass is 350 g/mol. The van der Waals surface area contributed by atoms with Crippen LogP contribution in [-0.4, -0.2) is 14.2 Å². The molecule has 2 aliphatic carbocycles. The standard InChI is InChI=1S/C21H18O3S/c22-19-14-18-17(21(19)15-8-3-1-4-9-15)12-7-13-20(18)25(23,24)16-10-5-2-6-11-16/h1-6,8-11H,7,12-14H2. The summed E-state index contributed by atoms with van der Waals surface area (Å²) in [6, 6.07) is 18.1. The zero-order valence-corrected chi connectivity index (χ0v) is 14.6. The molecule has 0 N–H and O–H groups in total. The van der Waals surface area contributed by atoms with Crippen LogP contribution in [0.3, 0.4) is 0 Å². The third kappa shape index (κ3) is 2.67. The van der Waals surface area contributed by atoms with Crippen molar-refractivity contribution in [1.82, 2.24) is 0 Å². The van der Waals surface area contributed by atoms with Gasteiger partial charge in [0.1, 0.15) is 0 Å². The number of benzene rings is 2. The fourth-order valence-corrected chi connectivity index (χ4v) is 5.51. The van der Waals surface area contributed by atoms with Gasteiger partial charge < -0.3 is 0 Å². The molecule has 4 rings (SSSR count). The van der Waals surface area contributed by atoms with Crippen LogP contribution in [0.15, 0.2) is 81.6 Å². The van der Waals surface area contributed by atoms with Crippen LogP contribution in [0.4, 0.5) is 0 Å². The van der Waals surface area contributed by atoms with E-state index in [9.17, 15) is 13.2 Å². The Morgan fingerprint density at radius 2 is 1.40 bits per heavy atom. The Morgan fingerprint density at radius 3 is 2.08 bits per heavy atom. The predicted octanol–water partition coefficient (Wildman–Crippen LogP) is 4.32. The van der Waals surface area contributed by atoms with Gasteiger partial charge in [-0.3, -0.25) is 4.79 Å². The Bertz CT molecular complexity index is 998. The number of carbonyl (C=O) groups excluding carboxylic acids is 1. The summed E-state index contributed by atoms with van der Waals surface area (Å²) in [7, 11) is -3.55. The highest BCUT2D eigenvalue weighted by molar-refractivity contribution is 7.95. The molecule has 3 nitrogen and oxygen atoms in total. The van der Waals surface area contributed by atoms with Crippen LogP contribution in [0.25, 0.3) is 5.57 Å². The molecule has 0 aromatic heterocycles. The second kappa shape index (κ2) is 6.12. The Morgan fingerprint density at radius 1 is 0.760 bits per heavy atom. The molecule has 4 heteroatoms. The molecule has 0 saturated carbocycles. The topological polar surface area (TPSA) is 51.2 Å². The van der Waals surface area contributed by atoms with Crippen LogP contribution >= 0.6 is 0 Å². The van der Waals surface area contributed by atoms with Crippen LogP contribution < -0.4 is 0 Å². The van der Waals surface area contributed by atoms with E-state index >= 15 is 0 Å². The molecule has 0 radical (unpaired) electrons. The lowest BCUT2D eigenvalue weighted by atomic mass is 9.92. The highest BCUT2D eigenvalue weighted by Gasteiger charge is 2.36. The van der Waals surface area contributed by atoms with E-state index in [-0.39, 0.29) is 12.2 Å². The van der Waals surface area contributed by atoms with E-state index in [1.165, 1.54) is 0 Å². The molecule has 0 atom stereocenters. The van der Waals surface area contributed by atoms with E-state index < -0.39 is 9.84 Å². The first-order valence-electron chi connectivity index (χ1n) is 8.43. The van der Waals surface area contributed by atoms with E-state index in [2.05, 4.69) is 0 Å². The van der Waals surface area contributed by atoms with Crippen molar-refractivity contribution in [3.05, 3.63) is 82.3 Å². The Labute approximate surface area is 147 Å². The third-order valence-electron chi connectivity index (χ3n) is 4.89. The van der Waals surface area contributed by atoms with Crippen molar-refractivity contribution in [2.24, 2.45) is 0 Å². The van der Waals surface area contributed by atoms with Crippen LogP contribution in [0.1, 0.15) is 31.2 Å². The number of hydrogen-bond donors (Lipinski definition) is 0. The molecule has 0 aliphatic heterocycles. The number of carbonyl (C=O) groups is 1. The van der Waals surface area contributed by atoms with Crippen molar-refractivity contribution < 1.29 is 13.2 Å². The van der Waals surface area contributed by atoms with Gasteiger partial charge in [-0.15, -0.1) is 0 Å². The summed E-state index contributed by atoms with van der Waals surface area (Å²) in [4.78, 5) is 13.4. The lowest BCUT2D eigenvalue weighted by Crippen LogP contribution is -2.12. The minimum absolute atomic E-state index is 0.0267. The van der Waals surface area contributed by atoms with Crippen LogP contribution in [0, 0.1) is 0 Å². The molecule has 0 saturated heterocycles. The van der Waals surface area contributed by atoms with Crippen LogP contribution in [-0.2, 0) is 14.6 Å². The first-order valence-corrected chi connectivity index (χ1v) is 9.91. The van der Waals surface area contributed by atoms with E-state index in [1.54, 1.807) is 30.3 Å². The zero-order chi connectivity index (χ0) is 17.4. The highest BCUT2D eigenvalue weighted by Crippen LogP contribution is 2.45. The van der Waals surface area contributed by atoms with Gasteiger partial charge in [-0.05, 0) is 48.1 Å². The van der Waals surface area contributed by atoms with Crippen molar-refractivity contribution in [1.29, 1.82) is 0 Å². The number of allylic oxidation sites excluding steroid dienone is 4. The number of sulfone groups is 1. The van der Waals surface area contributed by atoms with Gasteiger partial charge in [-0.2, -0.15) is 0 Å². The molecule has 0 heterocycles. The number of ketones is 1. The molecule has 2 aromatic carbocycles. The molecule has 0 unspecified atom stereocenters. The SMILES string of the molecule is O=C1CC2=C(S(=O)(=O)c3ccccc3)CCCC2=C1c1ccccc1. The van der Waals surface area contributed by atoms with Crippen LogP contribution in [0.2, 0.25) is 0 Å². The van der Waals surface area contributed by atoms with E-state index in [4.69, 9.17) is 0 Å². The molecular formula is C21H18O3S. The molecule has 2 aromatic rings. The summed E-state index contributed by atoms with van der Waals surface area (Å²) in [5, 5.41) is 0. The second-order valence-corrected chi connectivity index (χ2v) is 8.36. The average Bonchev–Trinajstić information content (AvgIpc) is 2.98. The fraction of sp³-hybridized carbons (Fsp3) is 0.190. The quantitative estimate of drug-likeness (QED) is 0.828. The zero-order valence-electron chi connectivity index (χ0n) is 13.7. The molecule has 2 aliphatic rings. The number of fused-ring (bicyclic) bond motifs is 1. The Hall–Kier alpha value is -2.46. The van der Waals surface area contributed by atoms with Gasteiger partial charge in [0.2, 0.25) is 9.84 Å². The summed E-state index contributed by atoms with van der Waals surface area (Å²) in [5.41, 5.74) is 3.25. The number of Topliss-reactive ketones (excluding diaryl/α,β-unsaturated/α-hetero) is 1. The second-order valence-electron chi connectivity index (χ2n) is 6.39. The lowest BCUT2D eigenvalue weighted by molar-refractivity contribution is -0.112. The summed E-state index contributed by atoms with van der Waals surface area (Å²) in [6.45, 7) is 0. The van der Waals surface area contributed by atoms with Crippen molar-refractivity contribution >= 4 is 21.2 Å². The Balaban J connectivity index is 1.90. The average molecular weight is 350 g/mol. The lowest BCUT2D eigenvalue weighted by Gasteiger charge is -2.20. The maximum atomic E-state index is 13.1. The third-order valence-corrected chi connectivity index (χ3v) is 6.88. The Kier molecular flexibility index (Phi) is 3.92. The van der Waals surface area contributed by atoms with Gasteiger partial charge in [0.15, 0.2) is 5.78 Å². The summed E-state index contributed by atoms with van der Waals surface area (Å²) in [6.07, 6.45) is 2.22. The summed E-state index contributed by atoms with van der Waals surface area (Å²) >= 11 is 0. The smallest absolute Gasteiger partial charge is 0.203 e. The first-order chi connectivity index (χ1) is 12.1. The predicted molar refractivity (Wildman–Crippen MR) is 97.5 cm³/mol.